The molecule has 10 heteroatoms. The predicted octanol–water partition coefficient (Wildman–Crippen LogP) is 3.27. The van der Waals surface area contributed by atoms with Gasteiger partial charge in [-0.2, -0.15) is 0 Å². The van der Waals surface area contributed by atoms with Crippen LogP contribution in [0.1, 0.15) is 25.3 Å². The van der Waals surface area contributed by atoms with E-state index in [0.29, 0.717) is 55.7 Å². The number of para-hydroxylation sites is 2. The van der Waals surface area contributed by atoms with Crippen molar-refractivity contribution in [3.8, 4) is 5.75 Å². The maximum absolute atomic E-state index is 13.2. The van der Waals surface area contributed by atoms with Crippen molar-refractivity contribution in [2.75, 3.05) is 55.4 Å². The molecule has 0 N–H and O–H groups in total. The first-order valence-corrected chi connectivity index (χ1v) is 14.2. The molecule has 8 nitrogen and oxygen atoms in total. The molecule has 1 fully saturated rings. The van der Waals surface area contributed by atoms with Crippen LogP contribution >= 0.6 is 15.9 Å². The third-order valence-corrected chi connectivity index (χ3v) is 9.28. The number of fused-ring (bicyclic) bond motifs is 1. The van der Waals surface area contributed by atoms with E-state index < -0.39 is 9.84 Å². The van der Waals surface area contributed by atoms with E-state index in [2.05, 4.69) is 20.8 Å². The normalized spacial score (nSPS) is 15.8. The van der Waals surface area contributed by atoms with Crippen molar-refractivity contribution in [3.05, 3.63) is 46.4 Å². The van der Waals surface area contributed by atoms with Crippen LogP contribution in [0, 0.1) is 0 Å². The smallest absolute Gasteiger partial charge is 0.226 e. The van der Waals surface area contributed by atoms with Gasteiger partial charge in [0, 0.05) is 55.7 Å². The maximum atomic E-state index is 13.2. The number of hydrogen-bond donors (Lipinski definition) is 0. The molecule has 4 rings (SSSR count). The molecule has 0 aliphatic carbocycles. The molecule has 0 unspecified atom stereocenters. The highest BCUT2D eigenvalue weighted by Crippen LogP contribution is 2.36. The van der Waals surface area contributed by atoms with Gasteiger partial charge in [0.05, 0.1) is 23.4 Å². The molecular weight excluding hydrogens is 534 g/mol. The fourth-order valence-electron chi connectivity index (χ4n) is 4.65. The highest BCUT2D eigenvalue weighted by Gasteiger charge is 2.29. The van der Waals surface area contributed by atoms with Gasteiger partial charge in [-0.3, -0.25) is 9.59 Å². The van der Waals surface area contributed by atoms with Gasteiger partial charge >= 0.3 is 0 Å². The standard InChI is InChI=1S/C25H30BrN3O5S/c1-3-24(30)29-10-8-18-16-19(26)23(17-21(18)29)35(32,33)15-9-25(31)28-13-11-27(12-14-28)20-6-4-5-7-22(20)34-2/h4-7,16-17H,3,8-15H2,1-2H3. The van der Waals surface area contributed by atoms with Gasteiger partial charge in [0.2, 0.25) is 11.8 Å². The van der Waals surface area contributed by atoms with Gasteiger partial charge in [0.1, 0.15) is 5.75 Å². The first-order valence-electron chi connectivity index (χ1n) is 11.8. The first kappa shape index (κ1) is 25.5. The molecule has 2 heterocycles. The highest BCUT2D eigenvalue weighted by molar-refractivity contribution is 9.10. The predicted molar refractivity (Wildman–Crippen MR) is 139 cm³/mol. The number of benzene rings is 2. The Balaban J connectivity index is 1.39. The number of carbonyl (C=O) groups is 2. The number of sulfone groups is 1. The summed E-state index contributed by atoms with van der Waals surface area (Å²) in [6, 6.07) is 11.1. The lowest BCUT2D eigenvalue weighted by atomic mass is 10.2. The minimum atomic E-state index is -3.72. The summed E-state index contributed by atoms with van der Waals surface area (Å²) >= 11 is 3.39. The molecule has 2 aliphatic rings. The third-order valence-electron chi connectivity index (χ3n) is 6.61. The number of halogens is 1. The number of methoxy groups -OCH3 is 1. The van der Waals surface area contributed by atoms with E-state index in [1.54, 1.807) is 36.0 Å². The Hall–Kier alpha value is -2.59. The van der Waals surface area contributed by atoms with E-state index in [-0.39, 0.29) is 28.9 Å². The molecule has 35 heavy (non-hydrogen) atoms. The quantitative estimate of drug-likeness (QED) is 0.513. The van der Waals surface area contributed by atoms with Crippen LogP contribution in [0.15, 0.2) is 45.8 Å². The van der Waals surface area contributed by atoms with Crippen LogP contribution in [0.4, 0.5) is 11.4 Å². The van der Waals surface area contributed by atoms with Crippen LogP contribution in [0.25, 0.3) is 0 Å². The fourth-order valence-corrected chi connectivity index (χ4v) is 7.09. The summed E-state index contributed by atoms with van der Waals surface area (Å²) in [7, 11) is -2.09. The van der Waals surface area contributed by atoms with Gasteiger partial charge in [-0.25, -0.2) is 8.42 Å². The van der Waals surface area contributed by atoms with Gasteiger partial charge in [-0.05, 0) is 52.2 Å². The molecule has 2 amide bonds. The molecule has 0 aromatic heterocycles. The Kier molecular flexibility index (Phi) is 7.70. The fraction of sp³-hybridized carbons (Fsp3) is 0.440. The van der Waals surface area contributed by atoms with Crippen molar-refractivity contribution >= 4 is 49.0 Å². The number of hydrogen-bond acceptors (Lipinski definition) is 6. The van der Waals surface area contributed by atoms with Crippen LogP contribution in [0.5, 0.6) is 5.75 Å². The van der Waals surface area contributed by atoms with Crippen molar-refractivity contribution in [2.24, 2.45) is 0 Å². The van der Waals surface area contributed by atoms with Gasteiger partial charge in [0.25, 0.3) is 0 Å². The minimum absolute atomic E-state index is 0.0307. The molecule has 2 aromatic rings. The van der Waals surface area contributed by atoms with E-state index in [0.717, 1.165) is 17.0 Å². The van der Waals surface area contributed by atoms with E-state index >= 15 is 0 Å². The monoisotopic (exact) mass is 563 g/mol. The Labute approximate surface area is 214 Å². The van der Waals surface area contributed by atoms with E-state index in [1.165, 1.54) is 0 Å². The summed E-state index contributed by atoms with van der Waals surface area (Å²) in [5, 5.41) is 0. The Morgan fingerprint density at radius 3 is 2.40 bits per heavy atom. The zero-order valence-corrected chi connectivity index (χ0v) is 22.4. The number of ether oxygens (including phenoxy) is 1. The molecule has 0 spiro atoms. The summed E-state index contributed by atoms with van der Waals surface area (Å²) in [6.45, 7) is 4.68. The average Bonchev–Trinajstić information content (AvgIpc) is 3.29. The second kappa shape index (κ2) is 10.6. The molecular formula is C25H30BrN3O5S. The first-order chi connectivity index (χ1) is 16.7. The second-order valence-electron chi connectivity index (χ2n) is 8.67. The van der Waals surface area contributed by atoms with Crippen LogP contribution in [-0.4, -0.2) is 70.7 Å². The molecule has 1 saturated heterocycles. The van der Waals surface area contributed by atoms with Gasteiger partial charge in [-0.15, -0.1) is 0 Å². The van der Waals surface area contributed by atoms with E-state index in [9.17, 15) is 18.0 Å². The zero-order chi connectivity index (χ0) is 25.2. The topological polar surface area (TPSA) is 87.2 Å². The summed E-state index contributed by atoms with van der Waals surface area (Å²) < 4.78 is 32.2. The highest BCUT2D eigenvalue weighted by atomic mass is 79.9. The largest absolute Gasteiger partial charge is 0.495 e. The Morgan fingerprint density at radius 2 is 1.71 bits per heavy atom. The number of nitrogens with zero attached hydrogens (tertiary/aromatic N) is 3. The third kappa shape index (κ3) is 5.33. The summed E-state index contributed by atoms with van der Waals surface area (Å²) in [6.07, 6.45) is 0.966. The van der Waals surface area contributed by atoms with E-state index in [4.69, 9.17) is 4.74 Å². The Morgan fingerprint density at radius 1 is 1.00 bits per heavy atom. The lowest BCUT2D eigenvalue weighted by Gasteiger charge is -2.36. The number of piperazine rings is 1. The number of carbonyl (C=O) groups excluding carboxylic acids is 2. The molecule has 2 aromatic carbocycles. The average molecular weight is 565 g/mol. The van der Waals surface area contributed by atoms with Crippen molar-refractivity contribution in [3.63, 3.8) is 0 Å². The Bertz CT molecular complexity index is 1230. The lowest BCUT2D eigenvalue weighted by Crippen LogP contribution is -2.49. The van der Waals surface area contributed by atoms with Crippen molar-refractivity contribution in [1.82, 2.24) is 4.90 Å². The molecule has 2 aliphatic heterocycles. The summed E-state index contributed by atoms with van der Waals surface area (Å²) in [5.41, 5.74) is 2.58. The second-order valence-corrected chi connectivity index (χ2v) is 11.6. The lowest BCUT2D eigenvalue weighted by molar-refractivity contribution is -0.131. The van der Waals surface area contributed by atoms with Crippen molar-refractivity contribution in [2.45, 2.75) is 31.1 Å². The number of rotatable bonds is 7. The summed E-state index contributed by atoms with van der Waals surface area (Å²) in [4.78, 5) is 30.8. The van der Waals surface area contributed by atoms with Gasteiger partial charge < -0.3 is 19.4 Å². The van der Waals surface area contributed by atoms with Gasteiger partial charge in [0.15, 0.2) is 9.84 Å². The van der Waals surface area contributed by atoms with Crippen LogP contribution in [0.3, 0.4) is 0 Å². The summed E-state index contributed by atoms with van der Waals surface area (Å²) in [5.74, 6) is 0.306. The molecule has 188 valence electrons. The molecule has 0 bridgehead atoms. The van der Waals surface area contributed by atoms with E-state index in [1.807, 2.05) is 24.3 Å². The molecule has 0 atom stereocenters. The number of anilines is 2. The molecule has 0 radical (unpaired) electrons. The maximum Gasteiger partial charge on any atom is 0.226 e. The van der Waals surface area contributed by atoms with Crippen LogP contribution < -0.4 is 14.5 Å². The van der Waals surface area contributed by atoms with Crippen LogP contribution in [-0.2, 0) is 25.8 Å². The number of amides is 2. The molecule has 0 saturated carbocycles. The SMILES string of the molecule is CCC(=O)N1CCc2cc(Br)c(S(=O)(=O)CCC(=O)N3CCN(c4ccccc4OC)CC3)cc21. The van der Waals surface area contributed by atoms with Gasteiger partial charge in [-0.1, -0.05) is 19.1 Å². The zero-order valence-electron chi connectivity index (χ0n) is 20.0. The van der Waals surface area contributed by atoms with Crippen molar-refractivity contribution < 1.29 is 22.7 Å². The van der Waals surface area contributed by atoms with Crippen LogP contribution in [0.2, 0.25) is 0 Å². The van der Waals surface area contributed by atoms with Crippen molar-refractivity contribution in [1.29, 1.82) is 0 Å². The minimum Gasteiger partial charge on any atom is -0.495 e.